The first-order valence-electron chi connectivity index (χ1n) is 6.37. The summed E-state index contributed by atoms with van der Waals surface area (Å²) in [5.41, 5.74) is 7.06. The van der Waals surface area contributed by atoms with Gasteiger partial charge in [-0.2, -0.15) is 11.8 Å². The molecule has 0 heterocycles. The lowest BCUT2D eigenvalue weighted by molar-refractivity contribution is -0.122. The summed E-state index contributed by atoms with van der Waals surface area (Å²) in [7, 11) is 1.51. The Morgan fingerprint density at radius 1 is 1.52 bits per heavy atom. The molecule has 21 heavy (non-hydrogen) atoms. The Hall–Kier alpha value is -0.820. The molecule has 0 aromatic heterocycles. The van der Waals surface area contributed by atoms with Gasteiger partial charge in [-0.3, -0.25) is 4.79 Å². The van der Waals surface area contributed by atoms with E-state index in [1.165, 1.54) is 13.2 Å². The average molecular weight is 337 g/mol. The van der Waals surface area contributed by atoms with Crippen LogP contribution in [0.25, 0.3) is 0 Å². The van der Waals surface area contributed by atoms with Gasteiger partial charge >= 0.3 is 0 Å². The number of halogens is 2. The number of hydrogen-bond donors (Lipinski definition) is 2. The van der Waals surface area contributed by atoms with Crippen LogP contribution in [0.2, 0.25) is 0 Å². The average Bonchev–Trinajstić information content (AvgIpc) is 2.45. The van der Waals surface area contributed by atoms with E-state index in [-0.39, 0.29) is 30.7 Å². The third kappa shape index (κ3) is 7.13. The van der Waals surface area contributed by atoms with Crippen molar-refractivity contribution >= 4 is 30.1 Å². The second-order valence-corrected chi connectivity index (χ2v) is 5.45. The van der Waals surface area contributed by atoms with Gasteiger partial charge in [0.15, 0.2) is 0 Å². The molecule has 0 saturated heterocycles. The van der Waals surface area contributed by atoms with E-state index in [0.717, 1.165) is 11.3 Å². The first kappa shape index (κ1) is 20.2. The van der Waals surface area contributed by atoms with Crippen LogP contribution in [-0.4, -0.2) is 31.1 Å². The number of nitrogens with one attached hydrogen (secondary N) is 1. The molecule has 0 radical (unpaired) electrons. The van der Waals surface area contributed by atoms with Crippen LogP contribution >= 0.6 is 24.2 Å². The zero-order valence-corrected chi connectivity index (χ0v) is 13.9. The summed E-state index contributed by atoms with van der Waals surface area (Å²) < 4.78 is 18.4. The second kappa shape index (κ2) is 10.8. The molecule has 0 spiro atoms. The standard InChI is InChI=1S/C14H21FN2O2S.ClH/c1-19-9-11-7-10(3-4-12(11)15)8-17-14(18)13(16)5-6-20-2;/h3-4,7,13H,5-6,8-9,16H2,1-2H3,(H,17,18);1H/t13-;/m0./s1. The van der Waals surface area contributed by atoms with Crippen molar-refractivity contribution in [1.29, 1.82) is 0 Å². The van der Waals surface area contributed by atoms with Crippen LogP contribution in [0.1, 0.15) is 17.5 Å². The smallest absolute Gasteiger partial charge is 0.237 e. The van der Waals surface area contributed by atoms with Crippen LogP contribution in [-0.2, 0) is 22.7 Å². The molecule has 0 bridgehead atoms. The van der Waals surface area contributed by atoms with Crippen molar-refractivity contribution in [3.63, 3.8) is 0 Å². The van der Waals surface area contributed by atoms with E-state index in [9.17, 15) is 9.18 Å². The van der Waals surface area contributed by atoms with Crippen molar-refractivity contribution in [2.24, 2.45) is 5.73 Å². The topological polar surface area (TPSA) is 64.3 Å². The van der Waals surface area contributed by atoms with Gasteiger partial charge < -0.3 is 15.8 Å². The lowest BCUT2D eigenvalue weighted by Crippen LogP contribution is -2.40. The number of methoxy groups -OCH3 is 1. The lowest BCUT2D eigenvalue weighted by Gasteiger charge is -2.12. The maximum atomic E-state index is 13.4. The number of ether oxygens (including phenoxy) is 1. The Kier molecular flexibility index (Phi) is 10.4. The minimum absolute atomic E-state index is 0. The number of rotatable bonds is 8. The maximum Gasteiger partial charge on any atom is 0.237 e. The van der Waals surface area contributed by atoms with E-state index in [1.807, 2.05) is 6.26 Å². The zero-order valence-electron chi connectivity index (χ0n) is 12.2. The molecule has 0 fully saturated rings. The van der Waals surface area contributed by atoms with Crippen LogP contribution in [0.3, 0.4) is 0 Å². The number of benzene rings is 1. The molecular weight excluding hydrogens is 315 g/mol. The summed E-state index contributed by atoms with van der Waals surface area (Å²) in [5.74, 6) is 0.360. The Labute approximate surface area is 135 Å². The number of carbonyl (C=O) groups is 1. The van der Waals surface area contributed by atoms with Gasteiger partial charge in [0.05, 0.1) is 12.6 Å². The molecule has 4 nitrogen and oxygen atoms in total. The van der Waals surface area contributed by atoms with E-state index in [4.69, 9.17) is 10.5 Å². The molecule has 7 heteroatoms. The van der Waals surface area contributed by atoms with E-state index in [0.29, 0.717) is 18.5 Å². The third-order valence-electron chi connectivity index (χ3n) is 2.85. The van der Waals surface area contributed by atoms with Crippen LogP contribution in [0.5, 0.6) is 0 Å². The number of nitrogens with two attached hydrogens (primary N) is 1. The summed E-state index contributed by atoms with van der Waals surface area (Å²) in [4.78, 5) is 11.8. The fourth-order valence-electron chi connectivity index (χ4n) is 1.70. The highest BCUT2D eigenvalue weighted by atomic mass is 35.5. The Balaban J connectivity index is 0.00000400. The lowest BCUT2D eigenvalue weighted by atomic mass is 10.1. The molecule has 120 valence electrons. The molecule has 1 aromatic carbocycles. The summed E-state index contributed by atoms with van der Waals surface area (Å²) in [6.45, 7) is 0.545. The van der Waals surface area contributed by atoms with Gasteiger partial charge in [-0.1, -0.05) is 6.07 Å². The molecule has 0 saturated carbocycles. The summed E-state index contributed by atoms with van der Waals surface area (Å²) in [5, 5.41) is 2.76. The number of amides is 1. The molecule has 1 atom stereocenters. The van der Waals surface area contributed by atoms with Crippen molar-refractivity contribution in [2.45, 2.75) is 25.6 Å². The SMILES string of the molecule is COCc1cc(CNC(=O)[C@@H](N)CCSC)ccc1F.Cl. The van der Waals surface area contributed by atoms with E-state index in [1.54, 1.807) is 23.9 Å². The molecule has 0 aliphatic heterocycles. The minimum atomic E-state index is -0.499. The normalized spacial score (nSPS) is 11.6. The van der Waals surface area contributed by atoms with E-state index < -0.39 is 6.04 Å². The van der Waals surface area contributed by atoms with Gasteiger partial charge in [-0.25, -0.2) is 4.39 Å². The van der Waals surface area contributed by atoms with E-state index >= 15 is 0 Å². The predicted octanol–water partition coefficient (Wildman–Crippen LogP) is 2.09. The van der Waals surface area contributed by atoms with Crippen molar-refractivity contribution in [3.05, 3.63) is 35.1 Å². The third-order valence-corrected chi connectivity index (χ3v) is 3.49. The van der Waals surface area contributed by atoms with Gasteiger partial charge in [0, 0.05) is 19.2 Å². The van der Waals surface area contributed by atoms with Gasteiger partial charge in [0.25, 0.3) is 0 Å². The summed E-state index contributed by atoms with van der Waals surface area (Å²) >= 11 is 1.66. The largest absolute Gasteiger partial charge is 0.380 e. The van der Waals surface area contributed by atoms with Crippen molar-refractivity contribution in [1.82, 2.24) is 5.32 Å². The predicted molar refractivity (Wildman–Crippen MR) is 87.2 cm³/mol. The number of hydrogen-bond acceptors (Lipinski definition) is 4. The molecule has 0 aliphatic carbocycles. The monoisotopic (exact) mass is 336 g/mol. The second-order valence-electron chi connectivity index (χ2n) is 4.46. The van der Waals surface area contributed by atoms with Crippen molar-refractivity contribution in [3.8, 4) is 0 Å². The first-order chi connectivity index (χ1) is 9.58. The molecule has 0 unspecified atom stereocenters. The van der Waals surface area contributed by atoms with Gasteiger partial charge in [-0.15, -0.1) is 12.4 Å². The van der Waals surface area contributed by atoms with Crippen LogP contribution in [0.15, 0.2) is 18.2 Å². The molecule has 3 N–H and O–H groups in total. The summed E-state index contributed by atoms with van der Waals surface area (Å²) in [6.07, 6.45) is 2.62. The zero-order chi connectivity index (χ0) is 15.0. The molecule has 1 aromatic rings. The Bertz CT molecular complexity index is 449. The first-order valence-corrected chi connectivity index (χ1v) is 7.76. The highest BCUT2D eigenvalue weighted by Gasteiger charge is 2.12. The molecule has 0 aliphatic rings. The quantitative estimate of drug-likeness (QED) is 0.763. The van der Waals surface area contributed by atoms with Crippen LogP contribution in [0.4, 0.5) is 4.39 Å². The number of thioether (sulfide) groups is 1. The van der Waals surface area contributed by atoms with Gasteiger partial charge in [0.2, 0.25) is 5.91 Å². The Morgan fingerprint density at radius 2 is 2.24 bits per heavy atom. The Morgan fingerprint density at radius 3 is 2.86 bits per heavy atom. The fraction of sp³-hybridized carbons (Fsp3) is 0.500. The summed E-state index contributed by atoms with van der Waals surface area (Å²) in [6, 6.07) is 4.21. The van der Waals surface area contributed by atoms with Gasteiger partial charge in [0.1, 0.15) is 5.82 Å². The molecular formula is C14H22ClFN2O2S. The van der Waals surface area contributed by atoms with Crippen molar-refractivity contribution < 1.29 is 13.9 Å². The minimum Gasteiger partial charge on any atom is -0.380 e. The van der Waals surface area contributed by atoms with Crippen molar-refractivity contribution in [2.75, 3.05) is 19.1 Å². The van der Waals surface area contributed by atoms with Crippen LogP contribution in [0, 0.1) is 5.82 Å². The fourth-order valence-corrected chi connectivity index (χ4v) is 2.19. The maximum absolute atomic E-state index is 13.4. The molecule has 1 rings (SSSR count). The highest BCUT2D eigenvalue weighted by molar-refractivity contribution is 7.98. The van der Waals surface area contributed by atoms with E-state index in [2.05, 4.69) is 5.32 Å². The highest BCUT2D eigenvalue weighted by Crippen LogP contribution is 2.11. The van der Waals surface area contributed by atoms with Crippen LogP contribution < -0.4 is 11.1 Å². The molecule has 1 amide bonds. The van der Waals surface area contributed by atoms with Gasteiger partial charge in [-0.05, 0) is 36.1 Å². The number of carbonyl (C=O) groups excluding carboxylic acids is 1.